The van der Waals surface area contributed by atoms with Crippen molar-refractivity contribution in [3.05, 3.63) is 0 Å². The number of hydrogen-bond acceptors (Lipinski definition) is 7. The number of carbonyl (C=O) groups excluding carboxylic acids is 2. The highest BCUT2D eigenvalue weighted by atomic mass is 16.7. The molecular formula is C58H114NO8+. The summed E-state index contributed by atoms with van der Waals surface area (Å²) in [4.78, 5) is 37.3. The molecule has 0 aromatic heterocycles. The number of carboxylic acid groups (broad SMARTS) is 1. The first-order valence-electron chi connectivity index (χ1n) is 29.2. The molecule has 0 aliphatic heterocycles. The van der Waals surface area contributed by atoms with Crippen LogP contribution in [0.1, 0.15) is 296 Å². The van der Waals surface area contributed by atoms with Crippen molar-refractivity contribution < 1.29 is 42.9 Å². The van der Waals surface area contributed by atoms with Crippen LogP contribution in [0.15, 0.2) is 0 Å². The minimum atomic E-state index is -1.50. The van der Waals surface area contributed by atoms with E-state index in [1.165, 1.54) is 231 Å². The molecule has 0 rings (SSSR count). The number of aliphatic carboxylic acids is 1. The van der Waals surface area contributed by atoms with Crippen molar-refractivity contribution in [2.45, 2.75) is 309 Å². The highest BCUT2D eigenvalue weighted by Crippen LogP contribution is 2.18. The van der Waals surface area contributed by atoms with Gasteiger partial charge in [0.15, 0.2) is 6.10 Å². The van der Waals surface area contributed by atoms with E-state index in [0.717, 1.165) is 38.5 Å². The molecule has 398 valence electrons. The van der Waals surface area contributed by atoms with Crippen molar-refractivity contribution in [3.63, 3.8) is 0 Å². The number of rotatable bonds is 55. The van der Waals surface area contributed by atoms with E-state index in [1.54, 1.807) is 0 Å². The van der Waals surface area contributed by atoms with Crippen molar-refractivity contribution in [3.8, 4) is 0 Å². The normalized spacial score (nSPS) is 12.7. The molecule has 2 unspecified atom stereocenters. The molecule has 0 radical (unpaired) electrons. The van der Waals surface area contributed by atoms with Gasteiger partial charge < -0.3 is 28.5 Å². The van der Waals surface area contributed by atoms with E-state index in [-0.39, 0.29) is 38.2 Å². The summed E-state index contributed by atoms with van der Waals surface area (Å²) in [5, 5.41) is 9.68. The molecule has 67 heavy (non-hydrogen) atoms. The average molecular weight is 954 g/mol. The van der Waals surface area contributed by atoms with Crippen molar-refractivity contribution >= 4 is 17.9 Å². The maximum atomic E-state index is 12.9. The molecule has 9 nitrogen and oxygen atoms in total. The number of nitrogens with zero attached hydrogens (tertiary/aromatic N) is 1. The highest BCUT2D eigenvalue weighted by molar-refractivity contribution is 5.71. The van der Waals surface area contributed by atoms with E-state index < -0.39 is 18.4 Å². The smallest absolute Gasteiger partial charge is 0.361 e. The van der Waals surface area contributed by atoms with Crippen LogP contribution < -0.4 is 0 Å². The number of quaternary nitrogens is 1. The standard InChI is InChI=1S/C58H113NO8/c1-6-8-10-12-14-16-18-20-21-22-23-24-25-26-27-28-29-30-31-32-33-34-35-37-39-41-43-45-47-49-56(61)67-54(53-66-58(57(62)63)64-51-50-59(3,4)5)52-65-55(60)48-46-44-42-40-38-36-19-17-15-13-11-9-7-2/h54,58H,6-53H2,1-5H3/p+1. The average Bonchev–Trinajstić information content (AvgIpc) is 3.29. The van der Waals surface area contributed by atoms with Crippen molar-refractivity contribution in [1.82, 2.24) is 0 Å². The second-order valence-electron chi connectivity index (χ2n) is 21.3. The number of carboxylic acids is 1. The van der Waals surface area contributed by atoms with Gasteiger partial charge in [-0.3, -0.25) is 9.59 Å². The fourth-order valence-electron chi connectivity index (χ4n) is 8.84. The van der Waals surface area contributed by atoms with Gasteiger partial charge in [0.25, 0.3) is 6.29 Å². The number of carbonyl (C=O) groups is 3. The van der Waals surface area contributed by atoms with Crippen LogP contribution >= 0.6 is 0 Å². The summed E-state index contributed by atoms with van der Waals surface area (Å²) >= 11 is 0. The largest absolute Gasteiger partial charge is 0.477 e. The quantitative estimate of drug-likeness (QED) is 0.0278. The molecule has 0 spiro atoms. The topological polar surface area (TPSA) is 108 Å². The molecule has 1 N–H and O–H groups in total. The Morgan fingerprint density at radius 3 is 0.955 bits per heavy atom. The molecule has 0 aliphatic carbocycles. The summed E-state index contributed by atoms with van der Waals surface area (Å²) in [5.74, 6) is -1.98. The first-order chi connectivity index (χ1) is 32.6. The lowest BCUT2D eigenvalue weighted by atomic mass is 10.0. The minimum absolute atomic E-state index is 0.173. The molecule has 0 bridgehead atoms. The van der Waals surface area contributed by atoms with Gasteiger partial charge in [0.1, 0.15) is 13.2 Å². The van der Waals surface area contributed by atoms with E-state index >= 15 is 0 Å². The lowest BCUT2D eigenvalue weighted by Crippen LogP contribution is -2.40. The zero-order chi connectivity index (χ0) is 49.2. The summed E-state index contributed by atoms with van der Waals surface area (Å²) in [6, 6.07) is 0. The zero-order valence-electron chi connectivity index (χ0n) is 45.3. The van der Waals surface area contributed by atoms with Crippen LogP contribution in [0, 0.1) is 0 Å². The van der Waals surface area contributed by atoms with Gasteiger partial charge in [0, 0.05) is 12.8 Å². The molecule has 0 amide bonds. The first kappa shape index (κ1) is 65.3. The third-order valence-corrected chi connectivity index (χ3v) is 13.4. The number of hydrogen-bond donors (Lipinski definition) is 1. The van der Waals surface area contributed by atoms with Crippen LogP contribution in [-0.2, 0) is 33.3 Å². The van der Waals surface area contributed by atoms with Gasteiger partial charge in [0.2, 0.25) is 0 Å². The van der Waals surface area contributed by atoms with Crippen molar-refractivity contribution in [1.29, 1.82) is 0 Å². The Labute approximate surface area is 415 Å². The number of esters is 2. The summed E-state index contributed by atoms with van der Waals surface area (Å²) < 4.78 is 22.9. The van der Waals surface area contributed by atoms with Gasteiger partial charge in [-0.15, -0.1) is 0 Å². The predicted molar refractivity (Wildman–Crippen MR) is 282 cm³/mol. The van der Waals surface area contributed by atoms with Crippen molar-refractivity contribution in [2.75, 3.05) is 47.5 Å². The van der Waals surface area contributed by atoms with E-state index in [0.29, 0.717) is 17.4 Å². The van der Waals surface area contributed by atoms with Gasteiger partial charge in [0.05, 0.1) is 34.4 Å². The predicted octanol–water partition coefficient (Wildman–Crippen LogP) is 16.8. The molecule has 9 heteroatoms. The fourth-order valence-corrected chi connectivity index (χ4v) is 8.84. The summed E-state index contributed by atoms with van der Waals surface area (Å²) in [7, 11) is 5.98. The Kier molecular flexibility index (Phi) is 49.4. The second-order valence-corrected chi connectivity index (χ2v) is 21.3. The third kappa shape index (κ3) is 52.0. The molecule has 0 heterocycles. The lowest BCUT2D eigenvalue weighted by Gasteiger charge is -2.25. The summed E-state index contributed by atoms with van der Waals surface area (Å²) in [5.41, 5.74) is 0. The molecule has 0 aromatic rings. The third-order valence-electron chi connectivity index (χ3n) is 13.4. The Hall–Kier alpha value is -1.71. The Morgan fingerprint density at radius 1 is 0.388 bits per heavy atom. The van der Waals surface area contributed by atoms with Gasteiger partial charge >= 0.3 is 17.9 Å². The number of unbranched alkanes of at least 4 members (excludes halogenated alkanes) is 40. The summed E-state index contributed by atoms with van der Waals surface area (Å²) in [6.07, 6.45) is 53.4. The van der Waals surface area contributed by atoms with Crippen LogP contribution in [0.3, 0.4) is 0 Å². The van der Waals surface area contributed by atoms with Crippen LogP contribution in [0.5, 0.6) is 0 Å². The van der Waals surface area contributed by atoms with Crippen LogP contribution in [0.25, 0.3) is 0 Å². The molecule has 2 atom stereocenters. The van der Waals surface area contributed by atoms with Gasteiger partial charge in [-0.25, -0.2) is 4.79 Å². The van der Waals surface area contributed by atoms with Crippen LogP contribution in [0.2, 0.25) is 0 Å². The van der Waals surface area contributed by atoms with E-state index in [2.05, 4.69) is 13.8 Å². The monoisotopic (exact) mass is 953 g/mol. The van der Waals surface area contributed by atoms with Crippen molar-refractivity contribution in [2.24, 2.45) is 0 Å². The fraction of sp³-hybridized carbons (Fsp3) is 0.948. The SMILES string of the molecule is CCCCCCCCCCCCCCCCCCCCCCCCCCCCCCCC(=O)OC(COC(=O)CCCCCCCCCCCCCCC)COC(OCC[N+](C)(C)C)C(=O)O. The maximum Gasteiger partial charge on any atom is 0.361 e. The highest BCUT2D eigenvalue weighted by Gasteiger charge is 2.25. The van der Waals surface area contributed by atoms with E-state index in [1.807, 2.05) is 21.1 Å². The van der Waals surface area contributed by atoms with Gasteiger partial charge in [-0.2, -0.15) is 0 Å². The summed E-state index contributed by atoms with van der Waals surface area (Å²) in [6.45, 7) is 4.93. The molecule has 0 aliphatic rings. The van der Waals surface area contributed by atoms with E-state index in [4.69, 9.17) is 18.9 Å². The Bertz CT molecular complexity index is 1060. The van der Waals surface area contributed by atoms with E-state index in [9.17, 15) is 19.5 Å². The van der Waals surface area contributed by atoms with Crippen LogP contribution in [0.4, 0.5) is 0 Å². The van der Waals surface area contributed by atoms with Gasteiger partial charge in [-0.05, 0) is 12.8 Å². The first-order valence-corrected chi connectivity index (χ1v) is 29.2. The Balaban J connectivity index is 4.07. The Morgan fingerprint density at radius 2 is 0.672 bits per heavy atom. The maximum absolute atomic E-state index is 12.9. The molecule has 0 saturated carbocycles. The lowest BCUT2D eigenvalue weighted by molar-refractivity contribution is -0.870. The molecule has 0 saturated heterocycles. The molecular weight excluding hydrogens is 839 g/mol. The number of likely N-dealkylation sites (N-methyl/N-ethyl adjacent to an activating group) is 1. The molecule has 0 aromatic carbocycles. The second kappa shape index (κ2) is 50.7. The van der Waals surface area contributed by atoms with Crippen LogP contribution in [-0.4, -0.2) is 87.4 Å². The zero-order valence-corrected chi connectivity index (χ0v) is 45.3. The number of ether oxygens (including phenoxy) is 4. The van der Waals surface area contributed by atoms with Gasteiger partial charge in [-0.1, -0.05) is 271 Å². The molecule has 0 fully saturated rings. The minimum Gasteiger partial charge on any atom is -0.477 e.